The fourth-order valence-electron chi connectivity index (χ4n) is 3.12. The largest absolute Gasteiger partial charge is 0.491 e. The average Bonchev–Trinajstić information content (AvgIpc) is 3.01. The second-order valence-corrected chi connectivity index (χ2v) is 8.98. The van der Waals surface area contributed by atoms with Crippen LogP contribution in [-0.2, 0) is 13.0 Å². The lowest BCUT2D eigenvalue weighted by Gasteiger charge is -2.22. The molecular formula is C23H27ClN4O2. The quantitative estimate of drug-likeness (QED) is 0.547. The highest BCUT2D eigenvalue weighted by molar-refractivity contribution is 6.31. The van der Waals surface area contributed by atoms with Crippen LogP contribution in [0.25, 0.3) is 11.0 Å². The van der Waals surface area contributed by atoms with Crippen molar-refractivity contribution in [1.29, 1.82) is 5.26 Å². The number of aliphatic hydroxyl groups excluding tert-OH is 1. The lowest BCUT2D eigenvalue weighted by Crippen LogP contribution is -2.28. The van der Waals surface area contributed by atoms with Gasteiger partial charge in [-0.15, -0.1) is 0 Å². The first kappa shape index (κ1) is 21.9. The van der Waals surface area contributed by atoms with Crippen LogP contribution in [0, 0.1) is 16.7 Å². The van der Waals surface area contributed by atoms with Gasteiger partial charge in [0.15, 0.2) is 0 Å². The Labute approximate surface area is 182 Å². The third-order valence-electron chi connectivity index (χ3n) is 4.49. The monoisotopic (exact) mass is 426 g/mol. The highest BCUT2D eigenvalue weighted by atomic mass is 35.5. The van der Waals surface area contributed by atoms with Gasteiger partial charge in [0.1, 0.15) is 18.5 Å². The maximum Gasteiger partial charge on any atom is 0.203 e. The van der Waals surface area contributed by atoms with Crippen molar-refractivity contribution in [3.05, 3.63) is 53.1 Å². The van der Waals surface area contributed by atoms with E-state index in [0.29, 0.717) is 29.7 Å². The minimum Gasteiger partial charge on any atom is -0.491 e. The van der Waals surface area contributed by atoms with E-state index in [9.17, 15) is 5.11 Å². The van der Waals surface area contributed by atoms with Crippen molar-refractivity contribution in [2.24, 2.45) is 5.41 Å². The molecule has 1 atom stereocenters. The Hall–Kier alpha value is -2.75. The Morgan fingerprint density at radius 2 is 1.97 bits per heavy atom. The van der Waals surface area contributed by atoms with Gasteiger partial charge < -0.3 is 19.7 Å². The van der Waals surface area contributed by atoms with Crippen molar-refractivity contribution < 1.29 is 9.84 Å². The summed E-state index contributed by atoms with van der Waals surface area (Å²) in [5, 5.41) is 23.0. The fourth-order valence-corrected chi connectivity index (χ4v) is 3.29. The molecule has 0 aliphatic heterocycles. The number of fused-ring (bicyclic) bond motifs is 1. The Balaban J connectivity index is 1.64. The predicted octanol–water partition coefficient (Wildman–Crippen LogP) is 4.65. The van der Waals surface area contributed by atoms with Gasteiger partial charge in [0.25, 0.3) is 0 Å². The molecular weight excluding hydrogens is 400 g/mol. The van der Waals surface area contributed by atoms with E-state index in [0.717, 1.165) is 23.1 Å². The summed E-state index contributed by atoms with van der Waals surface area (Å²) in [6, 6.07) is 15.1. The van der Waals surface area contributed by atoms with Gasteiger partial charge >= 0.3 is 0 Å². The molecule has 2 N–H and O–H groups in total. The minimum atomic E-state index is -0.713. The number of nitrogens with one attached hydrogen (secondary N) is 1. The molecule has 0 aliphatic carbocycles. The Morgan fingerprint density at radius 3 is 2.63 bits per heavy atom. The van der Waals surface area contributed by atoms with Crippen LogP contribution in [0.3, 0.4) is 0 Å². The van der Waals surface area contributed by atoms with Crippen LogP contribution in [0.2, 0.25) is 5.02 Å². The third-order valence-corrected chi connectivity index (χ3v) is 4.72. The summed E-state index contributed by atoms with van der Waals surface area (Å²) in [5.41, 5.74) is 2.80. The summed E-state index contributed by atoms with van der Waals surface area (Å²) in [5.74, 6) is 1.35. The number of halogens is 1. The van der Waals surface area contributed by atoms with Crippen molar-refractivity contribution in [2.75, 3.05) is 18.5 Å². The van der Waals surface area contributed by atoms with Crippen molar-refractivity contribution in [1.82, 2.24) is 9.55 Å². The number of aliphatic hydroxyl groups is 1. The molecule has 0 fully saturated rings. The topological polar surface area (TPSA) is 83.1 Å². The molecule has 0 spiro atoms. The van der Waals surface area contributed by atoms with Crippen LogP contribution in [0.1, 0.15) is 26.3 Å². The SMILES string of the molecule is CC(C)(C)Cn1c(NCC(O)COc2ccc(CC#N)cc2)nc2ccc(Cl)cc21. The first-order valence-corrected chi connectivity index (χ1v) is 10.3. The van der Waals surface area contributed by atoms with Gasteiger partial charge in [0.05, 0.1) is 23.5 Å². The summed E-state index contributed by atoms with van der Waals surface area (Å²) in [4.78, 5) is 4.67. The molecule has 1 heterocycles. The second kappa shape index (κ2) is 9.38. The molecule has 30 heavy (non-hydrogen) atoms. The Morgan fingerprint density at radius 1 is 1.23 bits per heavy atom. The number of benzene rings is 2. The summed E-state index contributed by atoms with van der Waals surface area (Å²) < 4.78 is 7.76. The third kappa shape index (κ3) is 5.88. The van der Waals surface area contributed by atoms with E-state index in [4.69, 9.17) is 21.6 Å². The van der Waals surface area contributed by atoms with Crippen LogP contribution >= 0.6 is 11.6 Å². The zero-order chi connectivity index (χ0) is 21.7. The van der Waals surface area contributed by atoms with Gasteiger partial charge in [0.2, 0.25) is 5.95 Å². The second-order valence-electron chi connectivity index (χ2n) is 8.54. The summed E-state index contributed by atoms with van der Waals surface area (Å²) in [6.45, 7) is 7.70. The van der Waals surface area contributed by atoms with E-state index in [-0.39, 0.29) is 12.0 Å². The normalized spacial score (nSPS) is 12.5. The number of nitriles is 1. The van der Waals surface area contributed by atoms with Gasteiger partial charge in [-0.05, 0) is 41.3 Å². The first-order chi connectivity index (χ1) is 14.2. The fraction of sp³-hybridized carbons (Fsp3) is 0.391. The number of imidazole rings is 1. The van der Waals surface area contributed by atoms with Crippen molar-refractivity contribution in [2.45, 2.75) is 39.8 Å². The van der Waals surface area contributed by atoms with E-state index in [2.05, 4.69) is 41.7 Å². The molecule has 3 rings (SSSR count). The number of ether oxygens (including phenoxy) is 1. The van der Waals surface area contributed by atoms with Gasteiger partial charge in [-0.25, -0.2) is 4.98 Å². The lowest BCUT2D eigenvalue weighted by atomic mass is 9.97. The number of rotatable bonds is 8. The summed E-state index contributed by atoms with van der Waals surface area (Å²) in [6.07, 6.45) is -0.344. The molecule has 0 amide bonds. The van der Waals surface area contributed by atoms with Crippen LogP contribution < -0.4 is 10.1 Å². The summed E-state index contributed by atoms with van der Waals surface area (Å²) >= 11 is 6.19. The van der Waals surface area contributed by atoms with Crippen molar-refractivity contribution in [3.8, 4) is 11.8 Å². The van der Waals surface area contributed by atoms with Gasteiger partial charge in [-0.3, -0.25) is 0 Å². The van der Waals surface area contributed by atoms with E-state index in [1.54, 1.807) is 12.1 Å². The molecule has 158 valence electrons. The molecule has 0 aliphatic rings. The lowest BCUT2D eigenvalue weighted by molar-refractivity contribution is 0.117. The number of hydrogen-bond donors (Lipinski definition) is 2. The molecule has 1 aromatic heterocycles. The predicted molar refractivity (Wildman–Crippen MR) is 120 cm³/mol. The number of aromatic nitrogens is 2. The maximum absolute atomic E-state index is 10.4. The Bertz CT molecular complexity index is 1030. The molecule has 0 saturated heterocycles. The van der Waals surface area contributed by atoms with Crippen LogP contribution in [0.5, 0.6) is 5.75 Å². The zero-order valence-electron chi connectivity index (χ0n) is 17.5. The van der Waals surface area contributed by atoms with Crippen molar-refractivity contribution in [3.63, 3.8) is 0 Å². The zero-order valence-corrected chi connectivity index (χ0v) is 18.3. The highest BCUT2D eigenvalue weighted by Crippen LogP contribution is 2.27. The number of anilines is 1. The van der Waals surface area contributed by atoms with E-state index >= 15 is 0 Å². The maximum atomic E-state index is 10.4. The number of nitrogens with zero attached hydrogens (tertiary/aromatic N) is 3. The molecule has 0 radical (unpaired) electrons. The van der Waals surface area contributed by atoms with Crippen LogP contribution in [0.4, 0.5) is 5.95 Å². The summed E-state index contributed by atoms with van der Waals surface area (Å²) in [7, 11) is 0. The van der Waals surface area contributed by atoms with Gasteiger partial charge in [0, 0.05) is 18.1 Å². The average molecular weight is 427 g/mol. The van der Waals surface area contributed by atoms with Crippen LogP contribution in [-0.4, -0.2) is 33.9 Å². The van der Waals surface area contributed by atoms with Crippen LogP contribution in [0.15, 0.2) is 42.5 Å². The molecule has 1 unspecified atom stereocenters. The Kier molecular flexibility index (Phi) is 6.86. The van der Waals surface area contributed by atoms with E-state index < -0.39 is 6.10 Å². The van der Waals surface area contributed by atoms with E-state index in [1.807, 2.05) is 30.3 Å². The number of hydrogen-bond acceptors (Lipinski definition) is 5. The smallest absolute Gasteiger partial charge is 0.203 e. The molecule has 2 aromatic carbocycles. The van der Waals surface area contributed by atoms with Crippen molar-refractivity contribution >= 4 is 28.6 Å². The molecule has 7 heteroatoms. The van der Waals surface area contributed by atoms with Gasteiger partial charge in [-0.1, -0.05) is 44.5 Å². The van der Waals surface area contributed by atoms with E-state index in [1.165, 1.54) is 0 Å². The van der Waals surface area contributed by atoms with Gasteiger partial charge in [-0.2, -0.15) is 5.26 Å². The first-order valence-electron chi connectivity index (χ1n) is 9.91. The molecule has 3 aromatic rings. The minimum absolute atomic E-state index is 0.0474. The molecule has 0 saturated carbocycles. The standard InChI is InChI=1S/C23H27ClN4O2/c1-23(2,3)15-28-21-12-17(24)6-9-20(21)27-22(28)26-13-18(29)14-30-19-7-4-16(5-8-19)10-11-25/h4-9,12,18,29H,10,13-15H2,1-3H3,(H,26,27). The molecule has 6 nitrogen and oxygen atoms in total. The highest BCUT2D eigenvalue weighted by Gasteiger charge is 2.18. The molecule has 0 bridgehead atoms.